The van der Waals surface area contributed by atoms with Crippen LogP contribution in [0.3, 0.4) is 0 Å². The van der Waals surface area contributed by atoms with E-state index in [4.69, 9.17) is 5.26 Å². The van der Waals surface area contributed by atoms with Gasteiger partial charge < -0.3 is 5.11 Å². The van der Waals surface area contributed by atoms with Gasteiger partial charge in [-0.3, -0.25) is 0 Å². The van der Waals surface area contributed by atoms with E-state index in [1.54, 1.807) is 29.2 Å². The van der Waals surface area contributed by atoms with E-state index in [-0.39, 0.29) is 6.04 Å². The van der Waals surface area contributed by atoms with Crippen molar-refractivity contribution in [2.75, 3.05) is 0 Å². The minimum atomic E-state index is -0.790. The van der Waals surface area contributed by atoms with Crippen LogP contribution in [-0.2, 0) is 0 Å². The Kier molecular flexibility index (Phi) is 3.25. The first-order chi connectivity index (χ1) is 9.73. The molecule has 1 aliphatic rings. The Labute approximate surface area is 117 Å². The first-order valence-electron chi connectivity index (χ1n) is 6.81. The minimum Gasteiger partial charge on any atom is -0.387 e. The van der Waals surface area contributed by atoms with Gasteiger partial charge in [-0.1, -0.05) is 30.2 Å². The Balaban J connectivity index is 2.03. The molecular formula is C15H16N4O. The van der Waals surface area contributed by atoms with E-state index in [0.29, 0.717) is 5.56 Å². The molecular weight excluding hydrogens is 252 g/mol. The van der Waals surface area contributed by atoms with E-state index in [0.717, 1.165) is 31.2 Å². The van der Waals surface area contributed by atoms with Gasteiger partial charge in [0.15, 0.2) is 0 Å². The summed E-state index contributed by atoms with van der Waals surface area (Å²) in [7, 11) is 0. The lowest BCUT2D eigenvalue weighted by Crippen LogP contribution is -2.37. The molecule has 0 spiro atoms. The maximum atomic E-state index is 10.9. The highest BCUT2D eigenvalue weighted by Crippen LogP contribution is 2.41. The van der Waals surface area contributed by atoms with Gasteiger partial charge in [-0.25, -0.2) is 4.68 Å². The Morgan fingerprint density at radius 3 is 2.50 bits per heavy atom. The highest BCUT2D eigenvalue weighted by molar-refractivity contribution is 5.34. The van der Waals surface area contributed by atoms with Gasteiger partial charge in [0.05, 0.1) is 23.4 Å². The van der Waals surface area contributed by atoms with Crippen molar-refractivity contribution in [3.8, 4) is 6.07 Å². The van der Waals surface area contributed by atoms with Crippen LogP contribution in [0.4, 0.5) is 0 Å². The van der Waals surface area contributed by atoms with E-state index >= 15 is 0 Å². The van der Waals surface area contributed by atoms with Gasteiger partial charge in [0.1, 0.15) is 6.04 Å². The van der Waals surface area contributed by atoms with Crippen LogP contribution in [0.25, 0.3) is 0 Å². The summed E-state index contributed by atoms with van der Waals surface area (Å²) in [5.74, 6) is 0. The lowest BCUT2D eigenvalue weighted by atomic mass is 9.87. The first-order valence-corrected chi connectivity index (χ1v) is 6.81. The second kappa shape index (κ2) is 5.06. The third-order valence-electron chi connectivity index (χ3n) is 4.04. The van der Waals surface area contributed by atoms with Crippen LogP contribution in [0.5, 0.6) is 0 Å². The van der Waals surface area contributed by atoms with E-state index < -0.39 is 5.60 Å². The molecule has 1 aliphatic carbocycles. The van der Waals surface area contributed by atoms with Crippen LogP contribution in [0.1, 0.15) is 42.9 Å². The summed E-state index contributed by atoms with van der Waals surface area (Å²) in [5.41, 5.74) is 0.783. The summed E-state index contributed by atoms with van der Waals surface area (Å²) in [6.45, 7) is 0. The number of rotatable bonds is 3. The van der Waals surface area contributed by atoms with Crippen molar-refractivity contribution in [3.05, 3.63) is 47.8 Å². The zero-order valence-electron chi connectivity index (χ0n) is 11.1. The van der Waals surface area contributed by atoms with Crippen LogP contribution in [0, 0.1) is 11.3 Å². The maximum Gasteiger partial charge on any atom is 0.107 e. The quantitative estimate of drug-likeness (QED) is 0.924. The molecule has 1 unspecified atom stereocenters. The number of nitrogens with zero attached hydrogens (tertiary/aromatic N) is 4. The van der Waals surface area contributed by atoms with E-state index in [1.807, 2.05) is 12.1 Å². The Morgan fingerprint density at radius 1 is 1.25 bits per heavy atom. The fraction of sp³-hybridized carbons (Fsp3) is 0.400. The van der Waals surface area contributed by atoms with Crippen LogP contribution in [-0.4, -0.2) is 25.7 Å². The first kappa shape index (κ1) is 12.8. The number of aromatic nitrogens is 3. The van der Waals surface area contributed by atoms with Crippen molar-refractivity contribution >= 4 is 0 Å². The Morgan fingerprint density at radius 2 is 1.95 bits per heavy atom. The summed E-state index contributed by atoms with van der Waals surface area (Å²) in [6, 6.07) is 9.19. The van der Waals surface area contributed by atoms with Gasteiger partial charge in [0.25, 0.3) is 0 Å². The molecule has 1 saturated carbocycles. The smallest absolute Gasteiger partial charge is 0.107 e. The van der Waals surface area contributed by atoms with E-state index in [2.05, 4.69) is 16.4 Å². The Bertz CT molecular complexity index is 606. The fourth-order valence-corrected chi connectivity index (χ4v) is 3.06. The monoisotopic (exact) mass is 268 g/mol. The lowest BCUT2D eigenvalue weighted by Gasteiger charge is -2.32. The van der Waals surface area contributed by atoms with Crippen LogP contribution in [0.15, 0.2) is 36.7 Å². The summed E-state index contributed by atoms with van der Waals surface area (Å²) < 4.78 is 1.71. The van der Waals surface area contributed by atoms with Crippen molar-refractivity contribution in [3.63, 3.8) is 0 Å². The topological polar surface area (TPSA) is 74.7 Å². The molecule has 1 aromatic carbocycles. The van der Waals surface area contributed by atoms with Crippen LogP contribution >= 0.6 is 0 Å². The molecule has 0 saturated heterocycles. The lowest BCUT2D eigenvalue weighted by molar-refractivity contribution is 0.00404. The van der Waals surface area contributed by atoms with Gasteiger partial charge in [-0.15, -0.1) is 5.10 Å². The van der Waals surface area contributed by atoms with Gasteiger partial charge in [0.2, 0.25) is 0 Å². The van der Waals surface area contributed by atoms with Gasteiger partial charge in [0, 0.05) is 6.20 Å². The third kappa shape index (κ3) is 2.19. The molecule has 0 radical (unpaired) electrons. The summed E-state index contributed by atoms with van der Waals surface area (Å²) in [6.07, 6.45) is 6.97. The second-order valence-electron chi connectivity index (χ2n) is 5.33. The molecule has 5 nitrogen and oxygen atoms in total. The predicted octanol–water partition coefficient (Wildman–Crippen LogP) is 2.04. The molecule has 0 bridgehead atoms. The summed E-state index contributed by atoms with van der Waals surface area (Å²) in [4.78, 5) is 0. The highest BCUT2D eigenvalue weighted by Gasteiger charge is 2.41. The van der Waals surface area contributed by atoms with Crippen LogP contribution in [0.2, 0.25) is 0 Å². The number of hydrogen-bond donors (Lipinski definition) is 1. The molecule has 3 rings (SSSR count). The molecule has 5 heteroatoms. The molecule has 0 aliphatic heterocycles. The molecule has 2 aromatic rings. The van der Waals surface area contributed by atoms with Gasteiger partial charge >= 0.3 is 0 Å². The number of benzene rings is 1. The average Bonchev–Trinajstić information content (AvgIpc) is 3.12. The van der Waals surface area contributed by atoms with Crippen molar-refractivity contribution in [1.29, 1.82) is 5.26 Å². The molecule has 102 valence electrons. The zero-order valence-corrected chi connectivity index (χ0v) is 11.1. The molecule has 1 N–H and O–H groups in total. The standard InChI is InChI=1S/C15H16N4O/c16-11-12-3-5-13(6-4-12)14(19-10-9-17-18-19)15(20)7-1-2-8-15/h3-6,9-10,14,20H,1-2,7-8H2. The SMILES string of the molecule is N#Cc1ccc(C(n2ccnn2)C2(O)CCCC2)cc1. The highest BCUT2D eigenvalue weighted by atomic mass is 16.3. The average molecular weight is 268 g/mol. The predicted molar refractivity (Wildman–Crippen MR) is 72.7 cm³/mol. The second-order valence-corrected chi connectivity index (χ2v) is 5.33. The van der Waals surface area contributed by atoms with E-state index in [9.17, 15) is 5.11 Å². The number of hydrogen-bond acceptors (Lipinski definition) is 4. The molecule has 1 fully saturated rings. The summed E-state index contributed by atoms with van der Waals surface area (Å²) in [5, 5.41) is 27.8. The van der Waals surface area contributed by atoms with Crippen molar-refractivity contribution in [2.24, 2.45) is 0 Å². The molecule has 20 heavy (non-hydrogen) atoms. The zero-order chi connectivity index (χ0) is 14.0. The van der Waals surface area contributed by atoms with Crippen molar-refractivity contribution < 1.29 is 5.11 Å². The van der Waals surface area contributed by atoms with Crippen molar-refractivity contribution in [2.45, 2.75) is 37.3 Å². The molecule has 1 atom stereocenters. The Hall–Kier alpha value is -2.19. The van der Waals surface area contributed by atoms with E-state index in [1.165, 1.54) is 0 Å². The fourth-order valence-electron chi connectivity index (χ4n) is 3.06. The van der Waals surface area contributed by atoms with Gasteiger partial charge in [-0.05, 0) is 30.5 Å². The largest absolute Gasteiger partial charge is 0.387 e. The van der Waals surface area contributed by atoms with Crippen LogP contribution < -0.4 is 0 Å². The third-order valence-corrected chi connectivity index (χ3v) is 4.04. The molecule has 1 heterocycles. The molecule has 0 amide bonds. The summed E-state index contributed by atoms with van der Waals surface area (Å²) >= 11 is 0. The molecule has 1 aromatic heterocycles. The number of nitriles is 1. The maximum absolute atomic E-state index is 10.9. The van der Waals surface area contributed by atoms with Gasteiger partial charge in [-0.2, -0.15) is 5.26 Å². The minimum absolute atomic E-state index is 0.250. The normalized spacial score (nSPS) is 18.6. The van der Waals surface area contributed by atoms with Crippen molar-refractivity contribution in [1.82, 2.24) is 15.0 Å². The number of aliphatic hydroxyl groups is 1.